The van der Waals surface area contributed by atoms with E-state index in [2.05, 4.69) is 31.8 Å². The van der Waals surface area contributed by atoms with Crippen molar-refractivity contribution in [3.63, 3.8) is 0 Å². The summed E-state index contributed by atoms with van der Waals surface area (Å²) >= 11 is 3.53. The smallest absolute Gasteiger partial charge is 0.339 e. The highest BCUT2D eigenvalue weighted by atomic mass is 79.9. The minimum absolute atomic E-state index is 0.348. The van der Waals surface area contributed by atoms with E-state index >= 15 is 0 Å². The molecule has 0 saturated carbocycles. The van der Waals surface area contributed by atoms with Crippen LogP contribution in [-0.2, 0) is 0 Å². The molecule has 2 N–H and O–H groups in total. The van der Waals surface area contributed by atoms with Gasteiger partial charge in [0.25, 0.3) is 0 Å². The van der Waals surface area contributed by atoms with Crippen LogP contribution in [0.4, 0.5) is 10.5 Å². The number of carbonyl (C=O) groups is 1. The van der Waals surface area contributed by atoms with Crippen LogP contribution in [0, 0.1) is 6.92 Å². The molecule has 0 fully saturated rings. The molecular weight excluding hydrogens is 486 g/mol. The quantitative estimate of drug-likeness (QED) is 0.205. The Morgan fingerprint density at radius 1 is 1.00 bits per heavy atom. The van der Waals surface area contributed by atoms with Gasteiger partial charge in [0.2, 0.25) is 0 Å². The molecule has 3 rings (SSSR count). The number of hydrazone groups is 1. The Morgan fingerprint density at radius 2 is 1.79 bits per heavy atom. The number of hydrogen-bond donors (Lipinski definition) is 2. The minimum atomic E-state index is -0.435. The van der Waals surface area contributed by atoms with Crippen molar-refractivity contribution in [2.75, 3.05) is 25.1 Å². The van der Waals surface area contributed by atoms with Gasteiger partial charge in [0.1, 0.15) is 19.0 Å². The van der Waals surface area contributed by atoms with Crippen molar-refractivity contribution < 1.29 is 19.0 Å². The van der Waals surface area contributed by atoms with Crippen molar-refractivity contribution in [2.24, 2.45) is 5.10 Å². The first-order chi connectivity index (χ1) is 16.0. The molecule has 0 radical (unpaired) electrons. The molecule has 0 spiro atoms. The van der Waals surface area contributed by atoms with Crippen LogP contribution in [0.15, 0.2) is 76.3 Å². The monoisotopic (exact) mass is 511 g/mol. The normalized spacial score (nSPS) is 10.6. The highest BCUT2D eigenvalue weighted by Gasteiger charge is 2.12. The maximum absolute atomic E-state index is 12.0. The summed E-state index contributed by atoms with van der Waals surface area (Å²) in [5.74, 6) is 1.95. The predicted octanol–water partition coefficient (Wildman–Crippen LogP) is 5.77. The lowest BCUT2D eigenvalue weighted by Crippen LogP contribution is -2.24. The Hall–Kier alpha value is -3.52. The number of aryl methyl sites for hydroxylation is 1. The summed E-state index contributed by atoms with van der Waals surface area (Å²) in [5, 5.41) is 6.70. The van der Waals surface area contributed by atoms with Gasteiger partial charge in [-0.2, -0.15) is 5.10 Å². The number of anilines is 1. The summed E-state index contributed by atoms with van der Waals surface area (Å²) in [6.07, 6.45) is 1.53. The SMILES string of the molecule is CCOc1cc(/C=N/NC(=O)Nc2ccccc2)cc(Br)c1OCCOc1cccc(C)c1. The fraction of sp³-hybridized carbons (Fsp3) is 0.200. The van der Waals surface area contributed by atoms with E-state index in [9.17, 15) is 4.79 Å². The van der Waals surface area contributed by atoms with Crippen LogP contribution in [0.1, 0.15) is 18.1 Å². The maximum Gasteiger partial charge on any atom is 0.339 e. The minimum Gasteiger partial charge on any atom is -0.490 e. The van der Waals surface area contributed by atoms with Gasteiger partial charge in [0, 0.05) is 5.69 Å². The van der Waals surface area contributed by atoms with E-state index in [1.807, 2.05) is 62.4 Å². The average Bonchev–Trinajstić information content (AvgIpc) is 2.79. The lowest BCUT2D eigenvalue weighted by Gasteiger charge is -2.15. The van der Waals surface area contributed by atoms with Crippen molar-refractivity contribution in [2.45, 2.75) is 13.8 Å². The first kappa shape index (κ1) is 24.1. The Bertz CT molecular complexity index is 1090. The summed E-state index contributed by atoms with van der Waals surface area (Å²) in [6, 6.07) is 20.2. The van der Waals surface area contributed by atoms with Crippen LogP contribution in [0.3, 0.4) is 0 Å². The summed E-state index contributed by atoms with van der Waals surface area (Å²) in [6.45, 7) is 5.13. The Morgan fingerprint density at radius 3 is 2.55 bits per heavy atom. The average molecular weight is 512 g/mol. The van der Waals surface area contributed by atoms with Crippen LogP contribution < -0.4 is 25.0 Å². The topological polar surface area (TPSA) is 81.2 Å². The zero-order valence-corrected chi connectivity index (χ0v) is 20.1. The molecule has 8 heteroatoms. The lowest BCUT2D eigenvalue weighted by atomic mass is 10.2. The van der Waals surface area contributed by atoms with Crippen LogP contribution in [-0.4, -0.2) is 32.1 Å². The van der Waals surface area contributed by atoms with Crippen LogP contribution in [0.5, 0.6) is 17.2 Å². The van der Waals surface area contributed by atoms with Gasteiger partial charge >= 0.3 is 6.03 Å². The Labute approximate surface area is 201 Å². The van der Waals surface area contributed by atoms with Crippen molar-refractivity contribution in [3.05, 3.63) is 82.3 Å². The predicted molar refractivity (Wildman–Crippen MR) is 134 cm³/mol. The van der Waals surface area contributed by atoms with E-state index in [1.54, 1.807) is 18.2 Å². The molecule has 0 aliphatic heterocycles. The molecule has 0 aliphatic rings. The number of urea groups is 1. The number of nitrogens with one attached hydrogen (secondary N) is 2. The van der Waals surface area contributed by atoms with E-state index < -0.39 is 6.03 Å². The molecule has 0 aliphatic carbocycles. The number of ether oxygens (including phenoxy) is 3. The Balaban J connectivity index is 1.57. The lowest BCUT2D eigenvalue weighted by molar-refractivity contribution is 0.207. The fourth-order valence-corrected chi connectivity index (χ4v) is 3.49. The Kier molecular flexibility index (Phi) is 9.14. The number of benzene rings is 3. The van der Waals surface area contributed by atoms with Gasteiger partial charge in [-0.15, -0.1) is 0 Å². The highest BCUT2D eigenvalue weighted by molar-refractivity contribution is 9.10. The van der Waals surface area contributed by atoms with E-state index in [0.29, 0.717) is 41.5 Å². The second-order valence-corrected chi connectivity index (χ2v) is 7.82. The third-order valence-electron chi connectivity index (χ3n) is 4.33. The molecule has 0 aromatic heterocycles. The fourth-order valence-electron chi connectivity index (χ4n) is 2.92. The van der Waals surface area contributed by atoms with Gasteiger partial charge in [-0.05, 0) is 77.3 Å². The number of rotatable bonds is 10. The highest BCUT2D eigenvalue weighted by Crippen LogP contribution is 2.36. The van der Waals surface area contributed by atoms with Gasteiger partial charge in [0.15, 0.2) is 11.5 Å². The zero-order chi connectivity index (χ0) is 23.5. The summed E-state index contributed by atoms with van der Waals surface area (Å²) in [5.41, 5.74) is 4.99. The summed E-state index contributed by atoms with van der Waals surface area (Å²) in [4.78, 5) is 12.0. The van der Waals surface area contributed by atoms with Gasteiger partial charge in [0.05, 0.1) is 17.3 Å². The van der Waals surface area contributed by atoms with Gasteiger partial charge in [-0.3, -0.25) is 0 Å². The van der Waals surface area contributed by atoms with Crippen molar-refractivity contribution in [1.29, 1.82) is 0 Å². The maximum atomic E-state index is 12.0. The van der Waals surface area contributed by atoms with Crippen LogP contribution in [0.2, 0.25) is 0 Å². The van der Waals surface area contributed by atoms with E-state index in [0.717, 1.165) is 16.9 Å². The third-order valence-corrected chi connectivity index (χ3v) is 4.92. The van der Waals surface area contributed by atoms with Gasteiger partial charge in [-0.25, -0.2) is 10.2 Å². The first-order valence-corrected chi connectivity index (χ1v) is 11.3. The number of para-hydroxylation sites is 1. The molecule has 0 bridgehead atoms. The molecule has 0 saturated heterocycles. The van der Waals surface area contributed by atoms with E-state index in [1.165, 1.54) is 6.21 Å². The molecule has 0 unspecified atom stereocenters. The van der Waals surface area contributed by atoms with Crippen molar-refractivity contribution >= 4 is 33.9 Å². The number of halogens is 1. The molecule has 7 nitrogen and oxygen atoms in total. The summed E-state index contributed by atoms with van der Waals surface area (Å²) in [7, 11) is 0. The largest absolute Gasteiger partial charge is 0.490 e. The molecular formula is C25H26BrN3O4. The molecule has 2 amide bonds. The molecule has 0 heterocycles. The number of hydrogen-bond acceptors (Lipinski definition) is 5. The van der Waals surface area contributed by atoms with Gasteiger partial charge in [-0.1, -0.05) is 30.3 Å². The standard InChI is InChI=1S/C25H26BrN3O4/c1-3-31-23-16-19(17-27-29-25(30)28-20-9-5-4-6-10-20)15-22(26)24(23)33-13-12-32-21-11-7-8-18(2)14-21/h4-11,14-17H,3,12-13H2,1-2H3,(H2,28,29,30)/b27-17+. The van der Waals surface area contributed by atoms with Crippen molar-refractivity contribution in [1.82, 2.24) is 5.43 Å². The van der Waals surface area contributed by atoms with E-state index in [4.69, 9.17) is 14.2 Å². The third kappa shape index (κ3) is 7.84. The first-order valence-electron chi connectivity index (χ1n) is 10.5. The second-order valence-electron chi connectivity index (χ2n) is 6.97. The molecule has 3 aromatic rings. The summed E-state index contributed by atoms with van der Waals surface area (Å²) < 4.78 is 18.1. The number of amides is 2. The molecule has 172 valence electrons. The van der Waals surface area contributed by atoms with Gasteiger partial charge < -0.3 is 19.5 Å². The van der Waals surface area contributed by atoms with Crippen LogP contribution in [0.25, 0.3) is 0 Å². The number of nitrogens with zero attached hydrogens (tertiary/aromatic N) is 1. The van der Waals surface area contributed by atoms with E-state index in [-0.39, 0.29) is 0 Å². The van der Waals surface area contributed by atoms with Crippen LogP contribution >= 0.6 is 15.9 Å². The second kappa shape index (κ2) is 12.5. The number of carbonyl (C=O) groups excluding carboxylic acids is 1. The molecule has 0 atom stereocenters. The zero-order valence-electron chi connectivity index (χ0n) is 18.5. The molecule has 3 aromatic carbocycles. The van der Waals surface area contributed by atoms with Crippen molar-refractivity contribution in [3.8, 4) is 17.2 Å². The molecule has 33 heavy (non-hydrogen) atoms.